The number of carbonyl (C=O) groups is 1. The van der Waals surface area contributed by atoms with Gasteiger partial charge in [0.25, 0.3) is 15.9 Å². The first kappa shape index (κ1) is 17.4. The summed E-state index contributed by atoms with van der Waals surface area (Å²) in [6.45, 7) is 2.37. The average molecular weight is 362 g/mol. The zero-order chi connectivity index (χ0) is 18.0. The van der Waals surface area contributed by atoms with Crippen molar-refractivity contribution in [2.75, 3.05) is 11.3 Å². The number of benzene rings is 2. The van der Waals surface area contributed by atoms with Crippen LogP contribution in [0, 0.1) is 18.7 Å². The zero-order valence-corrected chi connectivity index (χ0v) is 14.6. The average Bonchev–Trinajstić information content (AvgIpc) is 3.39. The minimum atomic E-state index is -3.87. The molecule has 0 aliphatic heterocycles. The molecular weight excluding hydrogens is 343 g/mol. The van der Waals surface area contributed by atoms with Crippen LogP contribution in [0.2, 0.25) is 0 Å². The number of amides is 1. The number of nitrogens with one attached hydrogen (secondary N) is 2. The lowest BCUT2D eigenvalue weighted by molar-refractivity contribution is 0.0951. The minimum Gasteiger partial charge on any atom is -0.352 e. The van der Waals surface area contributed by atoms with Crippen LogP contribution in [0.5, 0.6) is 0 Å². The van der Waals surface area contributed by atoms with Crippen molar-refractivity contribution in [1.29, 1.82) is 0 Å². The molecule has 0 heterocycles. The normalized spacial score (nSPS) is 14.2. The highest BCUT2D eigenvalue weighted by Gasteiger charge is 2.23. The maximum absolute atomic E-state index is 12.9. The summed E-state index contributed by atoms with van der Waals surface area (Å²) in [5.74, 6) is -0.188. The molecule has 1 saturated carbocycles. The van der Waals surface area contributed by atoms with Crippen molar-refractivity contribution in [2.24, 2.45) is 5.92 Å². The molecule has 0 unspecified atom stereocenters. The second kappa shape index (κ2) is 6.84. The van der Waals surface area contributed by atoms with Gasteiger partial charge in [-0.25, -0.2) is 12.8 Å². The summed E-state index contributed by atoms with van der Waals surface area (Å²) in [7, 11) is -3.87. The molecule has 0 radical (unpaired) electrons. The molecule has 5 nitrogen and oxygen atoms in total. The van der Waals surface area contributed by atoms with Gasteiger partial charge >= 0.3 is 0 Å². The third-order valence-electron chi connectivity index (χ3n) is 4.11. The fourth-order valence-corrected chi connectivity index (χ4v) is 3.48. The van der Waals surface area contributed by atoms with E-state index in [1.165, 1.54) is 36.4 Å². The van der Waals surface area contributed by atoms with Crippen molar-refractivity contribution in [1.82, 2.24) is 5.32 Å². The van der Waals surface area contributed by atoms with Crippen LogP contribution in [0.25, 0.3) is 0 Å². The summed E-state index contributed by atoms with van der Waals surface area (Å²) in [6, 6.07) is 9.43. The zero-order valence-electron chi connectivity index (χ0n) is 13.8. The molecule has 0 saturated heterocycles. The molecule has 0 aromatic heterocycles. The van der Waals surface area contributed by atoms with Gasteiger partial charge in [0.2, 0.25) is 0 Å². The molecule has 132 valence electrons. The number of anilines is 1. The third-order valence-corrected chi connectivity index (χ3v) is 5.49. The highest BCUT2D eigenvalue weighted by Crippen LogP contribution is 2.27. The van der Waals surface area contributed by atoms with Gasteiger partial charge in [-0.05, 0) is 67.6 Å². The van der Waals surface area contributed by atoms with Gasteiger partial charge in [-0.1, -0.05) is 6.07 Å². The fourth-order valence-electron chi connectivity index (χ4n) is 2.40. The molecule has 0 bridgehead atoms. The quantitative estimate of drug-likeness (QED) is 0.829. The van der Waals surface area contributed by atoms with Gasteiger partial charge in [-0.2, -0.15) is 0 Å². The number of carbonyl (C=O) groups excluding carboxylic acids is 1. The van der Waals surface area contributed by atoms with Crippen LogP contribution in [0.4, 0.5) is 10.1 Å². The molecule has 2 N–H and O–H groups in total. The molecule has 1 fully saturated rings. The van der Waals surface area contributed by atoms with Crippen LogP contribution in [-0.2, 0) is 10.0 Å². The third kappa shape index (κ3) is 4.36. The first-order valence-electron chi connectivity index (χ1n) is 8.02. The fraction of sp³-hybridized carbons (Fsp3) is 0.278. The number of rotatable bonds is 6. The Morgan fingerprint density at radius 1 is 1.16 bits per heavy atom. The highest BCUT2D eigenvalue weighted by atomic mass is 32.2. The lowest BCUT2D eigenvalue weighted by atomic mass is 10.1. The van der Waals surface area contributed by atoms with Crippen molar-refractivity contribution in [3.8, 4) is 0 Å². The summed E-state index contributed by atoms with van der Waals surface area (Å²) in [6.07, 6.45) is 2.24. The van der Waals surface area contributed by atoms with E-state index in [4.69, 9.17) is 0 Å². The SMILES string of the molecule is Cc1ccc(S(=O)(=O)Nc2ccc(F)cc2)cc1C(=O)NCC1CC1. The second-order valence-corrected chi connectivity index (χ2v) is 7.92. The lowest BCUT2D eigenvalue weighted by Crippen LogP contribution is -2.26. The molecule has 3 rings (SSSR count). The Morgan fingerprint density at radius 3 is 2.48 bits per heavy atom. The van der Waals surface area contributed by atoms with Gasteiger partial charge in [0.1, 0.15) is 5.82 Å². The Morgan fingerprint density at radius 2 is 1.84 bits per heavy atom. The Kier molecular flexibility index (Phi) is 4.76. The molecule has 0 atom stereocenters. The van der Waals surface area contributed by atoms with E-state index < -0.39 is 15.8 Å². The first-order valence-corrected chi connectivity index (χ1v) is 9.51. The summed E-state index contributed by atoms with van der Waals surface area (Å²) in [5.41, 5.74) is 1.29. The summed E-state index contributed by atoms with van der Waals surface area (Å²) in [5, 5.41) is 2.84. The van der Waals surface area contributed by atoms with Crippen LogP contribution < -0.4 is 10.0 Å². The van der Waals surface area contributed by atoms with Crippen molar-refractivity contribution in [3.63, 3.8) is 0 Å². The number of hydrogen-bond donors (Lipinski definition) is 2. The first-order chi connectivity index (χ1) is 11.8. The number of sulfonamides is 1. The number of halogens is 1. The molecule has 7 heteroatoms. The Hall–Kier alpha value is -2.41. The van der Waals surface area contributed by atoms with E-state index in [1.54, 1.807) is 13.0 Å². The number of aryl methyl sites for hydroxylation is 1. The van der Waals surface area contributed by atoms with Crippen molar-refractivity contribution >= 4 is 21.6 Å². The molecule has 1 aliphatic rings. The van der Waals surface area contributed by atoms with Gasteiger partial charge in [0.05, 0.1) is 4.90 Å². The van der Waals surface area contributed by atoms with E-state index in [0.717, 1.165) is 12.8 Å². The predicted molar refractivity (Wildman–Crippen MR) is 93.4 cm³/mol. The Labute approximate surface area is 146 Å². The van der Waals surface area contributed by atoms with Crippen LogP contribution >= 0.6 is 0 Å². The Balaban J connectivity index is 1.81. The Bertz CT molecular complexity index is 891. The molecule has 25 heavy (non-hydrogen) atoms. The largest absolute Gasteiger partial charge is 0.352 e. The molecule has 1 aliphatic carbocycles. The van der Waals surface area contributed by atoms with Crippen molar-refractivity contribution in [3.05, 3.63) is 59.4 Å². The van der Waals surface area contributed by atoms with Crippen LogP contribution in [0.15, 0.2) is 47.4 Å². The summed E-state index contributed by atoms with van der Waals surface area (Å²) >= 11 is 0. The van der Waals surface area contributed by atoms with E-state index >= 15 is 0 Å². The molecule has 2 aromatic carbocycles. The van der Waals surface area contributed by atoms with E-state index in [1.807, 2.05) is 0 Å². The molecule has 1 amide bonds. The summed E-state index contributed by atoms with van der Waals surface area (Å²) in [4.78, 5) is 12.3. The van der Waals surface area contributed by atoms with Gasteiger partial charge in [0.15, 0.2) is 0 Å². The van der Waals surface area contributed by atoms with Crippen molar-refractivity contribution in [2.45, 2.75) is 24.7 Å². The van der Waals surface area contributed by atoms with Gasteiger partial charge in [-0.3, -0.25) is 9.52 Å². The predicted octanol–water partition coefficient (Wildman–Crippen LogP) is 3.07. The van der Waals surface area contributed by atoms with Gasteiger partial charge in [0, 0.05) is 17.8 Å². The molecule has 0 spiro atoms. The second-order valence-electron chi connectivity index (χ2n) is 6.24. The van der Waals surface area contributed by atoms with Crippen molar-refractivity contribution < 1.29 is 17.6 Å². The number of hydrogen-bond acceptors (Lipinski definition) is 3. The molecule has 2 aromatic rings. The summed E-state index contributed by atoms with van der Waals surface area (Å²) < 4.78 is 40.3. The smallest absolute Gasteiger partial charge is 0.261 e. The molecular formula is C18H19FN2O3S. The van der Waals surface area contributed by atoms with Crippen LogP contribution in [0.1, 0.15) is 28.8 Å². The van der Waals surface area contributed by atoms with Crippen LogP contribution in [-0.4, -0.2) is 20.9 Å². The van der Waals surface area contributed by atoms with Gasteiger partial charge < -0.3 is 5.32 Å². The lowest BCUT2D eigenvalue weighted by Gasteiger charge is -2.12. The highest BCUT2D eigenvalue weighted by molar-refractivity contribution is 7.92. The van der Waals surface area contributed by atoms with E-state index in [9.17, 15) is 17.6 Å². The van der Waals surface area contributed by atoms with Crippen LogP contribution in [0.3, 0.4) is 0 Å². The minimum absolute atomic E-state index is 0.0148. The maximum Gasteiger partial charge on any atom is 0.261 e. The maximum atomic E-state index is 12.9. The van der Waals surface area contributed by atoms with E-state index in [-0.39, 0.29) is 16.5 Å². The van der Waals surface area contributed by atoms with Gasteiger partial charge in [-0.15, -0.1) is 0 Å². The van der Waals surface area contributed by atoms with E-state index in [2.05, 4.69) is 10.0 Å². The van der Waals surface area contributed by atoms with E-state index in [0.29, 0.717) is 23.6 Å². The standard InChI is InChI=1S/C18H19FN2O3S/c1-12-2-9-16(10-17(12)18(22)20-11-13-3-4-13)25(23,24)21-15-7-5-14(19)6-8-15/h2,5-10,13,21H,3-4,11H2,1H3,(H,20,22). The monoisotopic (exact) mass is 362 g/mol. The topological polar surface area (TPSA) is 75.3 Å².